The maximum atomic E-state index is 13.8. The van der Waals surface area contributed by atoms with Gasteiger partial charge in [-0.2, -0.15) is 0 Å². The van der Waals surface area contributed by atoms with Crippen LogP contribution in [-0.4, -0.2) is 161 Å². The van der Waals surface area contributed by atoms with E-state index >= 15 is 0 Å². The summed E-state index contributed by atoms with van der Waals surface area (Å²) in [7, 11) is 1.14. The van der Waals surface area contributed by atoms with Crippen molar-refractivity contribution in [3.63, 3.8) is 0 Å². The van der Waals surface area contributed by atoms with Crippen LogP contribution in [0.2, 0.25) is 0 Å². The van der Waals surface area contributed by atoms with Gasteiger partial charge in [-0.1, -0.05) is 62.4 Å². The van der Waals surface area contributed by atoms with Gasteiger partial charge in [0.05, 0.1) is 26.7 Å². The number of aliphatic hydroxyl groups excluding tert-OH is 5. The monoisotopic (exact) mass is 887 g/mol. The summed E-state index contributed by atoms with van der Waals surface area (Å²) in [5.74, 6) is -4.49. The molecule has 2 aromatic carbocycles. The van der Waals surface area contributed by atoms with Crippen molar-refractivity contribution < 1.29 is 78.0 Å². The number of rotatable bonds is 17. The van der Waals surface area contributed by atoms with Crippen molar-refractivity contribution in [3.8, 4) is 11.1 Å². The Bertz CT molecular complexity index is 1910. The molecular weight excluding hydrogens is 830 g/mol. The van der Waals surface area contributed by atoms with E-state index < -0.39 is 129 Å². The molecule has 0 radical (unpaired) electrons. The molecule has 2 fully saturated rings. The Morgan fingerprint density at radius 2 is 1.32 bits per heavy atom. The highest BCUT2D eigenvalue weighted by atomic mass is 16.7. The lowest BCUT2D eigenvalue weighted by atomic mass is 9.94. The number of methoxy groups -OCH3 is 1. The van der Waals surface area contributed by atoms with Crippen LogP contribution in [0.5, 0.6) is 0 Å². The Labute approximate surface area is 363 Å². The van der Waals surface area contributed by atoms with Crippen molar-refractivity contribution >= 4 is 35.7 Å². The number of benzene rings is 2. The third-order valence-corrected chi connectivity index (χ3v) is 11.0. The normalized spacial score (nSPS) is 27.5. The summed E-state index contributed by atoms with van der Waals surface area (Å²) in [5, 5.41) is 65.3. The minimum absolute atomic E-state index is 0.0900. The molecule has 5 rings (SSSR count). The fourth-order valence-corrected chi connectivity index (χ4v) is 8.02. The van der Waals surface area contributed by atoms with E-state index in [2.05, 4.69) is 26.6 Å². The summed E-state index contributed by atoms with van der Waals surface area (Å²) in [4.78, 5) is 78.2. The second-order valence-corrected chi connectivity index (χ2v) is 16.0. The zero-order chi connectivity index (χ0) is 46.1. The summed E-state index contributed by atoms with van der Waals surface area (Å²) in [6.07, 6.45) is -14.7. The number of alkyl carbamates (subject to hydrolysis) is 1. The molecule has 0 bridgehead atoms. The Morgan fingerprint density at radius 1 is 0.730 bits per heavy atom. The van der Waals surface area contributed by atoms with Crippen LogP contribution in [0.3, 0.4) is 0 Å². The van der Waals surface area contributed by atoms with Crippen molar-refractivity contribution in [1.82, 2.24) is 26.6 Å². The maximum Gasteiger partial charge on any atom is 0.407 e. The van der Waals surface area contributed by atoms with Crippen molar-refractivity contribution in [3.05, 3.63) is 59.7 Å². The van der Waals surface area contributed by atoms with Crippen LogP contribution in [0.25, 0.3) is 11.1 Å². The van der Waals surface area contributed by atoms with Crippen LogP contribution < -0.4 is 26.6 Å². The van der Waals surface area contributed by atoms with Crippen LogP contribution in [-0.2, 0) is 47.7 Å². The summed E-state index contributed by atoms with van der Waals surface area (Å²) in [6.45, 7) is 4.06. The van der Waals surface area contributed by atoms with Gasteiger partial charge in [0.25, 0.3) is 0 Å². The van der Waals surface area contributed by atoms with Gasteiger partial charge >= 0.3 is 12.1 Å². The molecule has 2 aliphatic heterocycles. The van der Waals surface area contributed by atoms with E-state index in [4.69, 9.17) is 23.7 Å². The quantitative estimate of drug-likeness (QED) is 0.0770. The van der Waals surface area contributed by atoms with Crippen molar-refractivity contribution in [2.75, 3.05) is 26.9 Å². The summed E-state index contributed by atoms with van der Waals surface area (Å²) < 4.78 is 28.0. The largest absolute Gasteiger partial charge is 0.467 e. The topological polar surface area (TPSA) is 310 Å². The van der Waals surface area contributed by atoms with E-state index in [1.54, 1.807) is 0 Å². The number of ether oxygens (including phenoxy) is 5. The highest BCUT2D eigenvalue weighted by Gasteiger charge is 2.52. The molecule has 0 spiro atoms. The Kier molecular flexibility index (Phi) is 16.9. The number of hydrogen-bond donors (Lipinski definition) is 10. The molecule has 21 nitrogen and oxygen atoms in total. The minimum Gasteiger partial charge on any atom is -0.467 e. The second-order valence-electron chi connectivity index (χ2n) is 16.0. The molecule has 2 aromatic rings. The molecule has 5 amide bonds. The molecule has 12 atom stereocenters. The van der Waals surface area contributed by atoms with Gasteiger partial charge in [0.15, 0.2) is 12.5 Å². The zero-order valence-corrected chi connectivity index (χ0v) is 35.5. The molecule has 0 aromatic heterocycles. The molecule has 2 saturated heterocycles. The van der Waals surface area contributed by atoms with Gasteiger partial charge in [0.1, 0.15) is 67.4 Å². The van der Waals surface area contributed by atoms with Crippen LogP contribution in [0.4, 0.5) is 4.79 Å². The molecule has 2 heterocycles. The molecular formula is C42H57N5O16. The summed E-state index contributed by atoms with van der Waals surface area (Å²) >= 11 is 0. The maximum absolute atomic E-state index is 13.8. The van der Waals surface area contributed by atoms with E-state index in [9.17, 15) is 54.3 Å². The fourth-order valence-electron chi connectivity index (χ4n) is 8.02. The fraction of sp³-hybridized carbons (Fsp3) is 0.571. The van der Waals surface area contributed by atoms with E-state index in [0.29, 0.717) is 0 Å². The summed E-state index contributed by atoms with van der Waals surface area (Å²) in [5.41, 5.74) is 3.82. The molecule has 21 heteroatoms. The average molecular weight is 888 g/mol. The van der Waals surface area contributed by atoms with Crippen molar-refractivity contribution in [2.24, 2.45) is 5.92 Å². The number of carbonyl (C=O) groups excluding carboxylic acids is 6. The van der Waals surface area contributed by atoms with Crippen LogP contribution >= 0.6 is 0 Å². The van der Waals surface area contributed by atoms with E-state index in [1.807, 2.05) is 62.4 Å². The molecule has 63 heavy (non-hydrogen) atoms. The Morgan fingerprint density at radius 3 is 1.87 bits per heavy atom. The van der Waals surface area contributed by atoms with Crippen LogP contribution in [0, 0.1) is 5.92 Å². The Hall–Kier alpha value is -5.26. The second kappa shape index (κ2) is 21.9. The van der Waals surface area contributed by atoms with Gasteiger partial charge in [0.2, 0.25) is 23.6 Å². The lowest BCUT2D eigenvalue weighted by molar-refractivity contribution is -0.315. The summed E-state index contributed by atoms with van der Waals surface area (Å²) in [6, 6.07) is 9.50. The first-order valence-corrected chi connectivity index (χ1v) is 20.5. The number of amides is 5. The standard InChI is InChI=1S/C42H57N5O16/c1-19(2)14-28(40(57)59-5)45-38(56)27(46-42(58)60-18-26-24-12-8-6-10-22(24)23-11-7-9-13-25(23)26)15-31(52)47-39-32(43-20(3)50)36(55)37(30(17-49)61-39)63-41-33(44-21(4)51)35(54)34(53)29(16-48)62-41/h6-13,19,26-30,32-37,39,41,48-49,53-55H,14-18H2,1-5H3,(H,43,50)(H,44,51)(H,45,56)(H,46,58)(H,47,52)/t27-,28-,29+,30+,32+,33+,34+,35+,36+,37+,39+,41-/m0/s1. The predicted molar refractivity (Wildman–Crippen MR) is 218 cm³/mol. The van der Waals surface area contributed by atoms with Gasteiger partial charge in [-0.3, -0.25) is 19.2 Å². The van der Waals surface area contributed by atoms with Gasteiger partial charge in [-0.05, 0) is 34.6 Å². The number of nitrogens with one attached hydrogen (secondary N) is 5. The van der Waals surface area contributed by atoms with Gasteiger partial charge in [0, 0.05) is 19.8 Å². The minimum atomic E-state index is -1.82. The lowest BCUT2D eigenvalue weighted by Gasteiger charge is -2.48. The SMILES string of the molecule is COC(=O)[C@H](CC(C)C)NC(=O)[C@H](CC(=O)N[C@@H]1O[C@H](CO)[C@@H](O[C@@H]2O[C@H](CO)[C@@H](O)[C@H](O)[C@H]2NC(C)=O)[C@H](O)[C@H]1NC(C)=O)NC(=O)OCC1c2ccccc2-c2ccccc21. The van der Waals surface area contributed by atoms with Gasteiger partial charge < -0.3 is 75.8 Å². The molecule has 10 N–H and O–H groups in total. The van der Waals surface area contributed by atoms with Gasteiger partial charge in [-0.15, -0.1) is 0 Å². The predicted octanol–water partition coefficient (Wildman–Crippen LogP) is -1.98. The van der Waals surface area contributed by atoms with E-state index in [0.717, 1.165) is 43.2 Å². The van der Waals surface area contributed by atoms with Crippen LogP contribution in [0.15, 0.2) is 48.5 Å². The third-order valence-electron chi connectivity index (χ3n) is 11.0. The average Bonchev–Trinajstić information content (AvgIpc) is 3.56. The first-order valence-electron chi connectivity index (χ1n) is 20.5. The molecule has 0 unspecified atom stereocenters. The third kappa shape index (κ3) is 11.9. The van der Waals surface area contributed by atoms with E-state index in [1.165, 1.54) is 0 Å². The molecule has 3 aliphatic rings. The number of carbonyl (C=O) groups is 6. The zero-order valence-electron chi connectivity index (χ0n) is 35.5. The number of aliphatic hydroxyl groups is 5. The first kappa shape index (κ1) is 48.8. The highest BCUT2D eigenvalue weighted by molar-refractivity contribution is 5.93. The smallest absolute Gasteiger partial charge is 0.407 e. The van der Waals surface area contributed by atoms with Crippen molar-refractivity contribution in [2.45, 2.75) is 120 Å². The Balaban J connectivity index is 1.34. The highest BCUT2D eigenvalue weighted by Crippen LogP contribution is 2.44. The number of fused-ring (bicyclic) bond motifs is 3. The number of esters is 1. The number of hydrogen-bond acceptors (Lipinski definition) is 16. The molecule has 1 aliphatic carbocycles. The molecule has 0 saturated carbocycles. The van der Waals surface area contributed by atoms with E-state index in [-0.39, 0.29) is 24.9 Å². The van der Waals surface area contributed by atoms with Crippen molar-refractivity contribution in [1.29, 1.82) is 0 Å². The van der Waals surface area contributed by atoms with Gasteiger partial charge in [-0.25, -0.2) is 9.59 Å². The lowest BCUT2D eigenvalue weighted by Crippen LogP contribution is -2.71. The first-order chi connectivity index (χ1) is 30.0. The molecule has 346 valence electrons. The van der Waals surface area contributed by atoms with Crippen LogP contribution in [0.1, 0.15) is 57.6 Å².